The normalized spacial score (nSPS) is 10.8. The molecule has 1 fully saturated rings. The Balaban J connectivity index is 0.000000626. The first kappa shape index (κ1) is 28.5. The van der Waals surface area contributed by atoms with Gasteiger partial charge in [-0.2, -0.15) is 0 Å². The number of benzene rings is 3. The fourth-order valence-corrected chi connectivity index (χ4v) is 4.80. The molecule has 6 radical (unpaired) electrons. The Bertz CT molecular complexity index is 772. The molecule has 4 rings (SSSR count). The van der Waals surface area contributed by atoms with Gasteiger partial charge in [0.2, 0.25) is 0 Å². The van der Waals surface area contributed by atoms with Crippen LogP contribution in [0.3, 0.4) is 0 Å². The zero-order chi connectivity index (χ0) is 21.9. The van der Waals surface area contributed by atoms with Crippen molar-refractivity contribution in [3.05, 3.63) is 140 Å². The van der Waals surface area contributed by atoms with Crippen molar-refractivity contribution in [1.29, 1.82) is 0 Å². The summed E-state index contributed by atoms with van der Waals surface area (Å²) in [6.45, 7) is 0. The van der Waals surface area contributed by atoms with Gasteiger partial charge in [-0.05, 0) is 55.9 Å². The third kappa shape index (κ3) is 11.4. The van der Waals surface area contributed by atoms with E-state index in [1.165, 1.54) is 15.9 Å². The largest absolute Gasteiger partial charge is 0.577 e. The molecule has 0 aromatic heterocycles. The first-order chi connectivity index (χ1) is 14.9. The molecule has 0 spiro atoms. The smallest absolute Gasteiger partial charge is 0 e. The van der Waals surface area contributed by atoms with Crippen LogP contribution in [0, 0.1) is 61.7 Å². The molecule has 3 aromatic carbocycles. The molecule has 0 N–H and O–H groups in total. The van der Waals surface area contributed by atoms with E-state index in [0.29, 0.717) is 0 Å². The Hall–Kier alpha value is -2.53. The summed E-state index contributed by atoms with van der Waals surface area (Å²) in [6.07, 6.45) is 20.4. The second-order valence-corrected chi connectivity index (χ2v) is 7.79. The molecule has 1 aliphatic carbocycles. The van der Waals surface area contributed by atoms with Gasteiger partial charge in [0.25, 0.3) is 0 Å². The fraction of sp³-hybridized carbons (Fsp3) is 0. The molecule has 1 aliphatic rings. The monoisotopic (exact) mass is 593 g/mol. The number of hydrogen-bond donors (Lipinski definition) is 0. The summed E-state index contributed by atoms with van der Waals surface area (Å²) >= 11 is 0. The van der Waals surface area contributed by atoms with Crippen molar-refractivity contribution in [2.75, 3.05) is 0 Å². The second kappa shape index (κ2) is 19.4. The van der Waals surface area contributed by atoms with E-state index >= 15 is 0 Å². The van der Waals surface area contributed by atoms with E-state index in [0.717, 1.165) is 0 Å². The number of nitroso groups, excluding NO2 is 1. The number of rotatable bonds is 3. The molecular formula is C27H21NOPRe-2. The van der Waals surface area contributed by atoms with Gasteiger partial charge >= 0.3 is 0 Å². The van der Waals surface area contributed by atoms with E-state index in [1.807, 2.05) is 38.0 Å². The third-order valence-corrected chi connectivity index (χ3v) is 6.11. The minimum Gasteiger partial charge on any atom is -0.577 e. The summed E-state index contributed by atoms with van der Waals surface area (Å²) in [4.78, 5) is 7.25. The van der Waals surface area contributed by atoms with Crippen LogP contribution in [0.4, 0.5) is 0 Å². The summed E-state index contributed by atoms with van der Waals surface area (Å²) in [5.41, 5.74) is 5.75. The summed E-state index contributed by atoms with van der Waals surface area (Å²) < 4.78 is 0. The predicted octanol–water partition coefficient (Wildman–Crippen LogP) is 5.00. The van der Waals surface area contributed by atoms with Crippen molar-refractivity contribution < 1.29 is 20.4 Å². The van der Waals surface area contributed by atoms with Crippen molar-refractivity contribution >= 4 is 23.8 Å². The van der Waals surface area contributed by atoms with Crippen molar-refractivity contribution in [3.8, 4) is 18.3 Å². The summed E-state index contributed by atoms with van der Waals surface area (Å²) in [6, 6.07) is 32.3. The maximum absolute atomic E-state index is 7.25. The topological polar surface area (TPSA) is 39.4 Å². The van der Waals surface area contributed by atoms with E-state index < -0.39 is 7.92 Å². The number of nitrogens with zero attached hydrogens (tertiary/aromatic N) is 1. The van der Waals surface area contributed by atoms with Crippen LogP contribution in [0.2, 0.25) is 0 Å². The third-order valence-electron chi connectivity index (χ3n) is 3.67. The summed E-state index contributed by atoms with van der Waals surface area (Å²) in [7, 11) is -0.446. The van der Waals surface area contributed by atoms with Crippen molar-refractivity contribution in [2.45, 2.75) is 0 Å². The molecule has 0 heterocycles. The zero-order valence-corrected chi connectivity index (χ0v) is 20.4. The van der Waals surface area contributed by atoms with Crippen LogP contribution in [0.5, 0.6) is 0 Å². The standard InChI is InChI=1S/C18H15P.C5H5.C4H.NO.Re/c1-4-10-16(11-5-1)19(17-12-6-2-7-13-17)18-14-8-3-9-15-18;1-2-4-5-3-1;1-3-4-2;1-2;/h1-15H;1-5H;1H;;/q;;2*-1;. The molecule has 154 valence electrons. The molecular weight excluding hydrogens is 571 g/mol. The van der Waals surface area contributed by atoms with Gasteiger partial charge in [-0.25, -0.2) is 6.42 Å². The summed E-state index contributed by atoms with van der Waals surface area (Å²) in [5, 5.41) is 4.19. The molecule has 2 nitrogen and oxygen atoms in total. The molecule has 0 unspecified atom stereocenters. The molecule has 0 amide bonds. The van der Waals surface area contributed by atoms with E-state index in [1.54, 1.807) is 5.92 Å². The van der Waals surface area contributed by atoms with E-state index in [2.05, 4.69) is 97.4 Å². The first-order valence-corrected chi connectivity index (χ1v) is 10.4. The zero-order valence-electron chi connectivity index (χ0n) is 16.8. The van der Waals surface area contributed by atoms with Gasteiger partial charge in [-0.15, -0.1) is 0 Å². The Labute approximate surface area is 202 Å². The molecule has 1 saturated carbocycles. The van der Waals surface area contributed by atoms with Crippen LogP contribution in [-0.2, 0) is 20.4 Å². The van der Waals surface area contributed by atoms with Crippen LogP contribution in [0.25, 0.3) is 5.59 Å². The average molecular weight is 593 g/mol. The second-order valence-electron chi connectivity index (χ2n) is 5.57. The molecule has 4 heteroatoms. The van der Waals surface area contributed by atoms with E-state index in [9.17, 15) is 0 Å². The predicted molar refractivity (Wildman–Crippen MR) is 129 cm³/mol. The van der Waals surface area contributed by atoms with Crippen molar-refractivity contribution in [2.24, 2.45) is 0 Å². The Kier molecular flexibility index (Phi) is 17.9. The Morgan fingerprint density at radius 3 is 1.03 bits per heavy atom. The maximum Gasteiger partial charge on any atom is 0 e. The average Bonchev–Trinajstić information content (AvgIpc) is 3.43. The van der Waals surface area contributed by atoms with Gasteiger partial charge in [0.1, 0.15) is 0 Å². The van der Waals surface area contributed by atoms with Crippen LogP contribution in [0.15, 0.2) is 91.0 Å². The Morgan fingerprint density at radius 1 is 0.613 bits per heavy atom. The SMILES string of the molecule is [C-]#CC#C.[CH]1[CH][CH][CH][CH]1.[N-]=O.[Re].c1ccc(P(c2ccccc2)c2ccccc2)cc1. The van der Waals surface area contributed by atoms with Crippen molar-refractivity contribution in [3.63, 3.8) is 0 Å². The van der Waals surface area contributed by atoms with Gasteiger partial charge in [-0.3, -0.25) is 11.8 Å². The van der Waals surface area contributed by atoms with Gasteiger partial charge in [-0.1, -0.05) is 91.0 Å². The van der Waals surface area contributed by atoms with Gasteiger partial charge < -0.3 is 16.9 Å². The minimum absolute atomic E-state index is 0. The minimum atomic E-state index is -0.446. The quantitative estimate of drug-likeness (QED) is 0.240. The Morgan fingerprint density at radius 2 is 0.839 bits per heavy atom. The molecule has 0 atom stereocenters. The fourth-order valence-electron chi connectivity index (χ4n) is 2.50. The van der Waals surface area contributed by atoms with Gasteiger partial charge in [0, 0.05) is 20.4 Å². The first-order valence-electron chi connectivity index (χ1n) is 9.04. The van der Waals surface area contributed by atoms with Crippen molar-refractivity contribution in [1.82, 2.24) is 0 Å². The van der Waals surface area contributed by atoms with E-state index in [4.69, 9.17) is 16.9 Å². The van der Waals surface area contributed by atoms with Crippen LogP contribution < -0.4 is 15.9 Å². The molecule has 0 aliphatic heterocycles. The van der Waals surface area contributed by atoms with Crippen LogP contribution in [-0.4, -0.2) is 0 Å². The molecule has 0 saturated heterocycles. The van der Waals surface area contributed by atoms with Crippen LogP contribution in [0.1, 0.15) is 0 Å². The van der Waals surface area contributed by atoms with Crippen LogP contribution >= 0.6 is 7.92 Å². The molecule has 0 bridgehead atoms. The van der Waals surface area contributed by atoms with Gasteiger partial charge in [0.15, 0.2) is 0 Å². The van der Waals surface area contributed by atoms with E-state index in [-0.39, 0.29) is 20.4 Å². The number of terminal acetylenes is 1. The summed E-state index contributed by atoms with van der Waals surface area (Å²) in [5.74, 6) is 3.56. The molecule has 3 aromatic rings. The number of hydrogen-bond acceptors (Lipinski definition) is 1. The van der Waals surface area contributed by atoms with Gasteiger partial charge in [0.05, 0.1) is 0 Å². The maximum atomic E-state index is 7.25. The molecule has 31 heavy (non-hydrogen) atoms.